The van der Waals surface area contributed by atoms with Gasteiger partial charge < -0.3 is 20.6 Å². The molecule has 9 nitrogen and oxygen atoms in total. The molecule has 5 rings (SSSR count). The molecule has 1 saturated heterocycles. The van der Waals surface area contributed by atoms with Gasteiger partial charge in [-0.3, -0.25) is 9.36 Å². The van der Waals surface area contributed by atoms with Crippen LogP contribution in [0.5, 0.6) is 0 Å². The van der Waals surface area contributed by atoms with Crippen LogP contribution in [0.1, 0.15) is 51.1 Å². The highest BCUT2D eigenvalue weighted by molar-refractivity contribution is 5.76. The van der Waals surface area contributed by atoms with Crippen LogP contribution in [0.2, 0.25) is 0 Å². The van der Waals surface area contributed by atoms with Gasteiger partial charge in [-0.15, -0.1) is 0 Å². The number of aliphatic hydroxyl groups is 1. The maximum absolute atomic E-state index is 13.0. The summed E-state index contributed by atoms with van der Waals surface area (Å²) in [7, 11) is 0. The molecule has 4 heterocycles. The molecule has 3 aromatic heterocycles. The maximum Gasteiger partial charge on any atom is 0.258 e. The van der Waals surface area contributed by atoms with E-state index in [0.717, 1.165) is 56.4 Å². The van der Waals surface area contributed by atoms with Crippen LogP contribution in [0.15, 0.2) is 35.4 Å². The number of rotatable bonds is 5. The molecule has 0 atom stereocenters. The average molecular weight is 450 g/mol. The van der Waals surface area contributed by atoms with Crippen molar-refractivity contribution in [3.05, 3.63) is 46.5 Å². The van der Waals surface area contributed by atoms with Crippen LogP contribution in [0.25, 0.3) is 11.0 Å². The second-order valence-corrected chi connectivity index (χ2v) is 9.67. The predicted octanol–water partition coefficient (Wildman–Crippen LogP) is 2.73. The summed E-state index contributed by atoms with van der Waals surface area (Å²) in [6.07, 6.45) is 7.65. The van der Waals surface area contributed by atoms with Gasteiger partial charge in [0.1, 0.15) is 11.5 Å². The van der Waals surface area contributed by atoms with Crippen molar-refractivity contribution < 1.29 is 5.11 Å². The van der Waals surface area contributed by atoms with Crippen molar-refractivity contribution in [2.24, 2.45) is 0 Å². The van der Waals surface area contributed by atoms with Gasteiger partial charge in [-0.2, -0.15) is 4.98 Å². The SMILES string of the molecule is CC1(C)CN(c2ccc(Nc3ncc4cc(CO)c(=O)n(C5CCCC5)c4n3)nc2)CCN1. The number of aromatic nitrogens is 4. The van der Waals surface area contributed by atoms with Gasteiger partial charge in [-0.1, -0.05) is 12.8 Å². The van der Waals surface area contributed by atoms with E-state index in [9.17, 15) is 9.90 Å². The first kappa shape index (κ1) is 21.8. The Morgan fingerprint density at radius 2 is 2.03 bits per heavy atom. The number of hydrogen-bond donors (Lipinski definition) is 3. The minimum atomic E-state index is -0.290. The Bertz CT molecular complexity index is 1200. The number of anilines is 3. The van der Waals surface area contributed by atoms with Crippen molar-refractivity contribution in [1.82, 2.24) is 24.8 Å². The van der Waals surface area contributed by atoms with Crippen molar-refractivity contribution >= 4 is 28.5 Å². The molecule has 0 spiro atoms. The minimum absolute atomic E-state index is 0.0686. The second kappa shape index (κ2) is 8.72. The Morgan fingerprint density at radius 1 is 1.21 bits per heavy atom. The molecule has 0 radical (unpaired) electrons. The lowest BCUT2D eigenvalue weighted by atomic mass is 10.0. The molecule has 1 saturated carbocycles. The van der Waals surface area contributed by atoms with Crippen molar-refractivity contribution in [2.75, 3.05) is 29.9 Å². The minimum Gasteiger partial charge on any atom is -0.391 e. The van der Waals surface area contributed by atoms with Crippen molar-refractivity contribution in [3.8, 4) is 0 Å². The van der Waals surface area contributed by atoms with Crippen molar-refractivity contribution in [1.29, 1.82) is 0 Å². The Hall–Kier alpha value is -3.04. The molecule has 174 valence electrons. The van der Waals surface area contributed by atoms with Crippen LogP contribution in [0, 0.1) is 0 Å². The first-order chi connectivity index (χ1) is 15.9. The molecule has 0 unspecified atom stereocenters. The predicted molar refractivity (Wildman–Crippen MR) is 129 cm³/mol. The standard InChI is InChI=1S/C24H31N7O2/c1-24(2)15-30(10-9-27-24)19-7-8-20(25-13-19)28-23-26-12-16-11-17(14-32)22(33)31(21(16)29-23)18-5-3-4-6-18/h7-8,11-13,18,27,32H,3-6,9-10,14-15H2,1-2H3,(H,25,26,28,29). The molecule has 0 aromatic carbocycles. The number of aliphatic hydroxyl groups excluding tert-OH is 1. The van der Waals surface area contributed by atoms with Crippen LogP contribution >= 0.6 is 0 Å². The Kier molecular flexibility index (Phi) is 5.76. The van der Waals surface area contributed by atoms with Gasteiger partial charge in [0.25, 0.3) is 5.56 Å². The number of nitrogens with zero attached hydrogens (tertiary/aromatic N) is 5. The topological polar surface area (TPSA) is 108 Å². The molecule has 2 fully saturated rings. The average Bonchev–Trinajstić information content (AvgIpc) is 3.33. The number of pyridine rings is 2. The van der Waals surface area contributed by atoms with E-state index in [-0.39, 0.29) is 23.7 Å². The number of fused-ring (bicyclic) bond motifs is 1. The van der Waals surface area contributed by atoms with Gasteiger partial charge in [-0.05, 0) is 44.9 Å². The highest BCUT2D eigenvalue weighted by atomic mass is 16.3. The summed E-state index contributed by atoms with van der Waals surface area (Å²) < 4.78 is 1.75. The highest BCUT2D eigenvalue weighted by Crippen LogP contribution is 2.31. The Labute approximate surface area is 192 Å². The highest BCUT2D eigenvalue weighted by Gasteiger charge is 2.26. The van der Waals surface area contributed by atoms with Gasteiger partial charge in [0.05, 0.1) is 18.5 Å². The van der Waals surface area contributed by atoms with Crippen LogP contribution in [-0.2, 0) is 6.61 Å². The van der Waals surface area contributed by atoms with E-state index in [2.05, 4.69) is 50.4 Å². The van der Waals surface area contributed by atoms with Gasteiger partial charge >= 0.3 is 0 Å². The van der Waals surface area contributed by atoms with Gasteiger partial charge in [0.15, 0.2) is 0 Å². The zero-order valence-corrected chi connectivity index (χ0v) is 19.2. The quantitative estimate of drug-likeness (QED) is 0.546. The lowest BCUT2D eigenvalue weighted by Crippen LogP contribution is -2.57. The van der Waals surface area contributed by atoms with Crippen LogP contribution in [-0.4, -0.2) is 49.8 Å². The number of nitrogens with one attached hydrogen (secondary N) is 2. The molecule has 1 aliphatic carbocycles. The van der Waals surface area contributed by atoms with Gasteiger partial charge in [0.2, 0.25) is 5.95 Å². The first-order valence-electron chi connectivity index (χ1n) is 11.7. The van der Waals surface area contributed by atoms with E-state index in [1.165, 1.54) is 0 Å². The fourth-order valence-electron chi connectivity index (χ4n) is 4.98. The summed E-state index contributed by atoms with van der Waals surface area (Å²) in [5.41, 5.74) is 1.97. The van der Waals surface area contributed by atoms with Crippen LogP contribution in [0.3, 0.4) is 0 Å². The molecule has 1 aliphatic heterocycles. The molecule has 3 N–H and O–H groups in total. The fourth-order valence-corrected chi connectivity index (χ4v) is 4.98. The summed E-state index contributed by atoms with van der Waals surface area (Å²) in [5, 5.41) is 17.1. The van der Waals surface area contributed by atoms with Crippen molar-refractivity contribution in [2.45, 2.75) is 57.7 Å². The van der Waals surface area contributed by atoms with E-state index >= 15 is 0 Å². The van der Waals surface area contributed by atoms with E-state index in [1.807, 2.05) is 12.3 Å². The molecule has 2 aliphatic rings. The maximum atomic E-state index is 13.0. The van der Waals surface area contributed by atoms with Gasteiger partial charge in [-0.25, -0.2) is 9.97 Å². The Balaban J connectivity index is 1.42. The first-order valence-corrected chi connectivity index (χ1v) is 11.7. The third kappa shape index (κ3) is 4.43. The molecule has 9 heteroatoms. The van der Waals surface area contributed by atoms with E-state index in [0.29, 0.717) is 23.0 Å². The molecular formula is C24H31N7O2. The third-order valence-corrected chi connectivity index (χ3v) is 6.63. The summed E-state index contributed by atoms with van der Waals surface area (Å²) in [6.45, 7) is 6.92. The molecule has 3 aromatic rings. The largest absolute Gasteiger partial charge is 0.391 e. The lowest BCUT2D eigenvalue weighted by molar-refractivity contribution is 0.279. The molecule has 33 heavy (non-hydrogen) atoms. The molecule has 0 bridgehead atoms. The summed E-state index contributed by atoms with van der Waals surface area (Å²) in [6, 6.07) is 5.78. The van der Waals surface area contributed by atoms with E-state index < -0.39 is 0 Å². The smallest absolute Gasteiger partial charge is 0.258 e. The molecular weight excluding hydrogens is 418 g/mol. The second-order valence-electron chi connectivity index (χ2n) is 9.67. The number of piperazine rings is 1. The van der Waals surface area contributed by atoms with Crippen molar-refractivity contribution in [3.63, 3.8) is 0 Å². The van der Waals surface area contributed by atoms with E-state index in [4.69, 9.17) is 0 Å². The normalized spacial score (nSPS) is 18.7. The fraction of sp³-hybridized carbons (Fsp3) is 0.500. The monoisotopic (exact) mass is 449 g/mol. The summed E-state index contributed by atoms with van der Waals surface area (Å²) in [5.74, 6) is 1.04. The third-order valence-electron chi connectivity index (χ3n) is 6.63. The zero-order valence-electron chi connectivity index (χ0n) is 19.2. The van der Waals surface area contributed by atoms with E-state index in [1.54, 1.807) is 16.8 Å². The summed E-state index contributed by atoms with van der Waals surface area (Å²) in [4.78, 5) is 29.0. The van der Waals surface area contributed by atoms with Gasteiger partial charge in [0, 0.05) is 48.4 Å². The van der Waals surface area contributed by atoms with Crippen LogP contribution in [0.4, 0.5) is 17.5 Å². The Morgan fingerprint density at radius 3 is 2.73 bits per heavy atom. The summed E-state index contributed by atoms with van der Waals surface area (Å²) >= 11 is 0. The van der Waals surface area contributed by atoms with Crippen LogP contribution < -0.4 is 21.1 Å². The molecule has 0 amide bonds. The number of hydrogen-bond acceptors (Lipinski definition) is 8. The lowest BCUT2D eigenvalue weighted by Gasteiger charge is -2.40. The zero-order chi connectivity index (χ0) is 23.0.